The molecule has 0 aliphatic rings. The quantitative estimate of drug-likeness (QED) is 0.750. The Bertz CT molecular complexity index is 271. The molecule has 0 N–H and O–H groups in total. The fraction of sp³-hybridized carbons (Fsp3) is 0.400. The summed E-state index contributed by atoms with van der Waals surface area (Å²) in [6, 6.07) is 6.53. The van der Waals surface area contributed by atoms with Gasteiger partial charge in [0.05, 0.1) is 0 Å². The number of rotatable bonds is 2. The summed E-state index contributed by atoms with van der Waals surface area (Å²) >= 11 is 2.35. The maximum Gasteiger partial charge on any atom is 0.0403 e. The van der Waals surface area contributed by atoms with Gasteiger partial charge in [0.2, 0.25) is 0 Å². The monoisotopic (exact) mass is 275 g/mol. The van der Waals surface area contributed by atoms with E-state index in [4.69, 9.17) is 0 Å². The van der Waals surface area contributed by atoms with Crippen LogP contribution in [0.3, 0.4) is 0 Å². The van der Waals surface area contributed by atoms with E-state index in [1.54, 1.807) is 0 Å². The van der Waals surface area contributed by atoms with Crippen molar-refractivity contribution in [2.75, 3.05) is 18.5 Å². The van der Waals surface area contributed by atoms with E-state index in [9.17, 15) is 0 Å². The van der Waals surface area contributed by atoms with Crippen molar-refractivity contribution < 1.29 is 0 Å². The van der Waals surface area contributed by atoms with Crippen LogP contribution in [0.5, 0.6) is 0 Å². The topological polar surface area (TPSA) is 3.24 Å². The Balaban J connectivity index is 3.04. The molecule has 0 amide bonds. The predicted octanol–water partition coefficient (Wildman–Crippen LogP) is 3.06. The molecule has 1 nitrogen and oxygen atoms in total. The van der Waals surface area contributed by atoms with E-state index in [-0.39, 0.29) is 0 Å². The lowest BCUT2D eigenvalue weighted by Gasteiger charge is -2.19. The van der Waals surface area contributed by atoms with Gasteiger partial charge in [0, 0.05) is 22.8 Å². The highest BCUT2D eigenvalue weighted by atomic mass is 127. The number of aryl methyl sites for hydroxylation is 1. The number of halogens is 1. The van der Waals surface area contributed by atoms with Crippen LogP contribution in [0.15, 0.2) is 18.2 Å². The highest BCUT2D eigenvalue weighted by molar-refractivity contribution is 14.1. The summed E-state index contributed by atoms with van der Waals surface area (Å²) in [5.74, 6) is 0. The largest absolute Gasteiger partial charge is 0.375 e. The van der Waals surface area contributed by atoms with Gasteiger partial charge in [0.15, 0.2) is 0 Å². The van der Waals surface area contributed by atoms with Crippen molar-refractivity contribution >= 4 is 28.3 Å². The average Bonchev–Trinajstić information content (AvgIpc) is 2.08. The van der Waals surface area contributed by atoms with Crippen molar-refractivity contribution in [1.29, 1.82) is 0 Å². The van der Waals surface area contributed by atoms with E-state index < -0.39 is 0 Å². The molecule has 1 aromatic rings. The fourth-order valence-electron chi connectivity index (χ4n) is 1.16. The molecule has 66 valence electrons. The first-order valence-electron chi connectivity index (χ1n) is 4.12. The standard InChI is InChI=1S/C10H14IN/c1-4-12(3)10-7-9(11)6-5-8(10)2/h5-7H,4H2,1-3H3. The molecule has 0 heterocycles. The zero-order chi connectivity index (χ0) is 9.14. The lowest BCUT2D eigenvalue weighted by Crippen LogP contribution is -2.16. The lowest BCUT2D eigenvalue weighted by molar-refractivity contribution is 0.960. The van der Waals surface area contributed by atoms with Crippen molar-refractivity contribution in [3.05, 3.63) is 27.3 Å². The van der Waals surface area contributed by atoms with Gasteiger partial charge in [-0.1, -0.05) is 6.07 Å². The Morgan fingerprint density at radius 1 is 1.42 bits per heavy atom. The van der Waals surface area contributed by atoms with Crippen LogP contribution in [-0.4, -0.2) is 13.6 Å². The molecule has 0 atom stereocenters. The van der Waals surface area contributed by atoms with Crippen LogP contribution in [-0.2, 0) is 0 Å². The third kappa shape index (κ3) is 2.12. The molecule has 1 aromatic carbocycles. The number of hydrogen-bond donors (Lipinski definition) is 0. The summed E-state index contributed by atoms with van der Waals surface area (Å²) in [6.07, 6.45) is 0. The SMILES string of the molecule is CCN(C)c1cc(I)ccc1C. The zero-order valence-electron chi connectivity index (χ0n) is 7.76. The molecule has 0 aromatic heterocycles. The van der Waals surface area contributed by atoms with Gasteiger partial charge in [-0.3, -0.25) is 0 Å². The lowest BCUT2D eigenvalue weighted by atomic mass is 10.2. The van der Waals surface area contributed by atoms with E-state index in [2.05, 4.69) is 66.6 Å². The van der Waals surface area contributed by atoms with Crippen molar-refractivity contribution in [3.63, 3.8) is 0 Å². The second-order valence-corrected chi connectivity index (χ2v) is 4.19. The Morgan fingerprint density at radius 2 is 2.08 bits per heavy atom. The molecule has 1 rings (SSSR count). The van der Waals surface area contributed by atoms with Gasteiger partial charge in [-0.2, -0.15) is 0 Å². The predicted molar refractivity (Wildman–Crippen MR) is 62.8 cm³/mol. The average molecular weight is 275 g/mol. The molecule has 0 spiro atoms. The van der Waals surface area contributed by atoms with Crippen molar-refractivity contribution in [2.24, 2.45) is 0 Å². The minimum atomic E-state index is 1.06. The van der Waals surface area contributed by atoms with Gasteiger partial charge < -0.3 is 4.90 Å². The van der Waals surface area contributed by atoms with Crippen molar-refractivity contribution in [2.45, 2.75) is 13.8 Å². The van der Waals surface area contributed by atoms with E-state index in [0.29, 0.717) is 0 Å². The Kier molecular flexibility index (Phi) is 3.38. The van der Waals surface area contributed by atoms with E-state index in [0.717, 1.165) is 6.54 Å². The molecule has 0 saturated heterocycles. The van der Waals surface area contributed by atoms with E-state index in [1.165, 1.54) is 14.8 Å². The summed E-state index contributed by atoms with van der Waals surface area (Å²) in [5, 5.41) is 0. The Labute approximate surface area is 87.9 Å². The van der Waals surface area contributed by atoms with Crippen molar-refractivity contribution in [3.8, 4) is 0 Å². The summed E-state index contributed by atoms with van der Waals surface area (Å²) in [6.45, 7) is 5.37. The molecule has 0 radical (unpaired) electrons. The van der Waals surface area contributed by atoms with Crippen LogP contribution >= 0.6 is 22.6 Å². The van der Waals surface area contributed by atoms with Gasteiger partial charge in [-0.05, 0) is 54.1 Å². The minimum absolute atomic E-state index is 1.06. The van der Waals surface area contributed by atoms with E-state index in [1.807, 2.05) is 0 Å². The summed E-state index contributed by atoms with van der Waals surface area (Å²) in [4.78, 5) is 2.26. The van der Waals surface area contributed by atoms with Crippen LogP contribution in [0.25, 0.3) is 0 Å². The molecule has 0 aliphatic carbocycles. The normalized spacial score (nSPS) is 10.0. The maximum absolute atomic E-state index is 2.35. The smallest absolute Gasteiger partial charge is 0.0403 e. The van der Waals surface area contributed by atoms with Crippen LogP contribution in [0.2, 0.25) is 0 Å². The minimum Gasteiger partial charge on any atom is -0.375 e. The Hall–Kier alpha value is -0.250. The van der Waals surface area contributed by atoms with Gasteiger partial charge in [-0.15, -0.1) is 0 Å². The highest BCUT2D eigenvalue weighted by Crippen LogP contribution is 2.20. The summed E-state index contributed by atoms with van der Waals surface area (Å²) < 4.78 is 1.30. The molecular weight excluding hydrogens is 261 g/mol. The second-order valence-electron chi connectivity index (χ2n) is 2.94. The van der Waals surface area contributed by atoms with Crippen LogP contribution in [0.4, 0.5) is 5.69 Å². The number of nitrogens with zero attached hydrogens (tertiary/aromatic N) is 1. The van der Waals surface area contributed by atoms with Crippen LogP contribution in [0.1, 0.15) is 12.5 Å². The van der Waals surface area contributed by atoms with Crippen LogP contribution in [0, 0.1) is 10.5 Å². The third-order valence-corrected chi connectivity index (χ3v) is 2.73. The molecule has 0 bridgehead atoms. The fourth-order valence-corrected chi connectivity index (χ4v) is 1.64. The van der Waals surface area contributed by atoms with Gasteiger partial charge in [0.25, 0.3) is 0 Å². The molecule has 12 heavy (non-hydrogen) atoms. The maximum atomic E-state index is 2.35. The third-order valence-electron chi connectivity index (χ3n) is 2.06. The molecule has 0 aliphatic heterocycles. The number of benzene rings is 1. The first kappa shape index (κ1) is 9.84. The zero-order valence-corrected chi connectivity index (χ0v) is 9.92. The number of anilines is 1. The van der Waals surface area contributed by atoms with E-state index >= 15 is 0 Å². The highest BCUT2D eigenvalue weighted by Gasteiger charge is 2.01. The Morgan fingerprint density at radius 3 is 2.67 bits per heavy atom. The number of hydrogen-bond acceptors (Lipinski definition) is 1. The summed E-state index contributed by atoms with van der Waals surface area (Å²) in [5.41, 5.74) is 2.68. The molecule has 0 unspecified atom stereocenters. The first-order valence-corrected chi connectivity index (χ1v) is 5.20. The van der Waals surface area contributed by atoms with Gasteiger partial charge in [0.1, 0.15) is 0 Å². The molecule has 2 heteroatoms. The molecule has 0 fully saturated rings. The van der Waals surface area contributed by atoms with Gasteiger partial charge in [-0.25, -0.2) is 0 Å². The second kappa shape index (κ2) is 4.12. The first-order chi connectivity index (χ1) is 5.65. The summed E-state index contributed by atoms with van der Waals surface area (Å²) in [7, 11) is 2.12. The molecular formula is C10H14IN. The van der Waals surface area contributed by atoms with Crippen molar-refractivity contribution in [1.82, 2.24) is 0 Å². The van der Waals surface area contributed by atoms with Gasteiger partial charge >= 0.3 is 0 Å². The van der Waals surface area contributed by atoms with Crippen LogP contribution < -0.4 is 4.90 Å². The molecule has 0 saturated carbocycles.